The molecule has 23 heavy (non-hydrogen) atoms. The molecular weight excluding hydrogens is 320 g/mol. The number of carbonyl (C=O) groups is 3. The molecule has 0 unspecified atom stereocenters. The van der Waals surface area contributed by atoms with Gasteiger partial charge in [-0.25, -0.2) is 4.79 Å². The standard InChI is InChI=1S/C16H11ClN2O4/c17-12-3-2-10(7-11(12)16(22)23)18-15(21)8-1-4-13-9(5-8)6-14(20)19-13/h1-5,7H,6H2,(H,18,21)(H,19,20)(H,22,23). The monoisotopic (exact) mass is 330 g/mol. The van der Waals surface area contributed by atoms with Gasteiger partial charge in [0.05, 0.1) is 17.0 Å². The van der Waals surface area contributed by atoms with E-state index in [1.807, 2.05) is 0 Å². The van der Waals surface area contributed by atoms with Gasteiger partial charge in [-0.15, -0.1) is 0 Å². The van der Waals surface area contributed by atoms with E-state index in [9.17, 15) is 14.4 Å². The lowest BCUT2D eigenvalue weighted by molar-refractivity contribution is -0.115. The van der Waals surface area contributed by atoms with Crippen molar-refractivity contribution in [2.75, 3.05) is 10.6 Å². The van der Waals surface area contributed by atoms with Gasteiger partial charge >= 0.3 is 5.97 Å². The molecule has 2 aromatic carbocycles. The Morgan fingerprint density at radius 3 is 2.70 bits per heavy atom. The predicted octanol–water partition coefficient (Wildman–Crippen LogP) is 2.79. The first-order chi connectivity index (χ1) is 10.9. The third kappa shape index (κ3) is 3.02. The quantitative estimate of drug-likeness (QED) is 0.806. The largest absolute Gasteiger partial charge is 0.478 e. The summed E-state index contributed by atoms with van der Waals surface area (Å²) in [6.45, 7) is 0. The first kappa shape index (κ1) is 15.1. The van der Waals surface area contributed by atoms with E-state index in [0.29, 0.717) is 16.9 Å². The Hall–Kier alpha value is -2.86. The first-order valence-corrected chi connectivity index (χ1v) is 7.09. The minimum atomic E-state index is -1.17. The van der Waals surface area contributed by atoms with Gasteiger partial charge < -0.3 is 15.7 Å². The van der Waals surface area contributed by atoms with Crippen LogP contribution in [0.15, 0.2) is 36.4 Å². The zero-order valence-corrected chi connectivity index (χ0v) is 12.5. The third-order valence-corrected chi connectivity index (χ3v) is 3.78. The van der Waals surface area contributed by atoms with Crippen molar-refractivity contribution in [2.45, 2.75) is 6.42 Å². The zero-order chi connectivity index (χ0) is 16.6. The van der Waals surface area contributed by atoms with Crippen LogP contribution in [0.25, 0.3) is 0 Å². The SMILES string of the molecule is O=C1Cc2cc(C(=O)Nc3ccc(Cl)c(C(=O)O)c3)ccc2N1. The Bertz CT molecular complexity index is 848. The molecule has 1 aliphatic heterocycles. The van der Waals surface area contributed by atoms with E-state index in [2.05, 4.69) is 10.6 Å². The van der Waals surface area contributed by atoms with Crippen LogP contribution in [0.2, 0.25) is 5.02 Å². The average Bonchev–Trinajstić information content (AvgIpc) is 2.87. The number of anilines is 2. The van der Waals surface area contributed by atoms with Crippen LogP contribution >= 0.6 is 11.6 Å². The Labute approximate surface area is 136 Å². The highest BCUT2D eigenvalue weighted by Crippen LogP contribution is 2.25. The van der Waals surface area contributed by atoms with Gasteiger partial charge in [-0.3, -0.25) is 9.59 Å². The summed E-state index contributed by atoms with van der Waals surface area (Å²) < 4.78 is 0. The molecule has 7 heteroatoms. The molecule has 0 aromatic heterocycles. The molecule has 1 heterocycles. The molecule has 0 spiro atoms. The highest BCUT2D eigenvalue weighted by atomic mass is 35.5. The van der Waals surface area contributed by atoms with Crippen LogP contribution in [0.5, 0.6) is 0 Å². The Morgan fingerprint density at radius 1 is 1.17 bits per heavy atom. The molecule has 0 aliphatic carbocycles. The summed E-state index contributed by atoms with van der Waals surface area (Å²) in [5, 5.41) is 14.4. The lowest BCUT2D eigenvalue weighted by Gasteiger charge is -2.08. The van der Waals surface area contributed by atoms with E-state index in [4.69, 9.17) is 16.7 Å². The molecule has 0 saturated carbocycles. The third-order valence-electron chi connectivity index (χ3n) is 3.45. The van der Waals surface area contributed by atoms with Crippen LogP contribution in [0.3, 0.4) is 0 Å². The van der Waals surface area contributed by atoms with Crippen molar-refractivity contribution in [3.05, 3.63) is 58.1 Å². The second-order valence-corrected chi connectivity index (χ2v) is 5.46. The molecule has 0 atom stereocenters. The number of fused-ring (bicyclic) bond motifs is 1. The van der Waals surface area contributed by atoms with Crippen molar-refractivity contribution >= 4 is 40.8 Å². The van der Waals surface area contributed by atoms with Gasteiger partial charge in [0.25, 0.3) is 5.91 Å². The number of hydrogen-bond acceptors (Lipinski definition) is 3. The van der Waals surface area contributed by atoms with Gasteiger partial charge in [0.2, 0.25) is 5.91 Å². The van der Waals surface area contributed by atoms with Crippen LogP contribution < -0.4 is 10.6 Å². The number of amides is 2. The lowest BCUT2D eigenvalue weighted by Crippen LogP contribution is -2.12. The van der Waals surface area contributed by atoms with Crippen LogP contribution in [0.1, 0.15) is 26.3 Å². The summed E-state index contributed by atoms with van der Waals surface area (Å²) in [5.74, 6) is -1.68. The van der Waals surface area contributed by atoms with E-state index < -0.39 is 11.9 Å². The molecule has 0 radical (unpaired) electrons. The molecule has 0 saturated heterocycles. The molecule has 116 valence electrons. The number of carboxylic acids is 1. The van der Waals surface area contributed by atoms with Crippen LogP contribution in [-0.4, -0.2) is 22.9 Å². The number of halogens is 1. The van der Waals surface area contributed by atoms with Crippen molar-refractivity contribution in [3.63, 3.8) is 0 Å². The minimum Gasteiger partial charge on any atom is -0.478 e. The summed E-state index contributed by atoms with van der Waals surface area (Å²) in [6, 6.07) is 9.11. The summed E-state index contributed by atoms with van der Waals surface area (Å²) in [5.41, 5.74) is 2.07. The van der Waals surface area contributed by atoms with E-state index in [1.54, 1.807) is 18.2 Å². The number of nitrogens with one attached hydrogen (secondary N) is 2. The van der Waals surface area contributed by atoms with Gasteiger partial charge in [0.1, 0.15) is 0 Å². The molecule has 2 aromatic rings. The van der Waals surface area contributed by atoms with Gasteiger partial charge in [-0.2, -0.15) is 0 Å². The van der Waals surface area contributed by atoms with Crippen molar-refractivity contribution < 1.29 is 19.5 Å². The van der Waals surface area contributed by atoms with E-state index >= 15 is 0 Å². The highest BCUT2D eigenvalue weighted by molar-refractivity contribution is 6.33. The molecule has 3 rings (SSSR count). The Balaban J connectivity index is 1.83. The minimum absolute atomic E-state index is 0.0896. The average molecular weight is 331 g/mol. The predicted molar refractivity (Wildman–Crippen MR) is 85.1 cm³/mol. The van der Waals surface area contributed by atoms with Gasteiger partial charge in [-0.05, 0) is 42.0 Å². The zero-order valence-electron chi connectivity index (χ0n) is 11.7. The topological polar surface area (TPSA) is 95.5 Å². The second kappa shape index (κ2) is 5.73. The van der Waals surface area contributed by atoms with Gasteiger partial charge in [0, 0.05) is 16.9 Å². The number of carboxylic acid groups (broad SMARTS) is 1. The summed E-state index contributed by atoms with van der Waals surface area (Å²) in [4.78, 5) is 34.6. The number of hydrogen-bond donors (Lipinski definition) is 3. The van der Waals surface area contributed by atoms with Crippen molar-refractivity contribution in [2.24, 2.45) is 0 Å². The fraction of sp³-hybridized carbons (Fsp3) is 0.0625. The summed E-state index contributed by atoms with van der Waals surface area (Å²) in [6.07, 6.45) is 0.237. The number of aromatic carboxylic acids is 1. The summed E-state index contributed by atoms with van der Waals surface area (Å²) in [7, 11) is 0. The van der Waals surface area contributed by atoms with Crippen molar-refractivity contribution in [3.8, 4) is 0 Å². The number of benzene rings is 2. The van der Waals surface area contributed by atoms with Gasteiger partial charge in [-0.1, -0.05) is 11.6 Å². The Morgan fingerprint density at radius 2 is 1.96 bits per heavy atom. The lowest BCUT2D eigenvalue weighted by atomic mass is 10.1. The Kier molecular flexibility index (Phi) is 3.75. The second-order valence-electron chi connectivity index (χ2n) is 5.05. The molecule has 6 nitrogen and oxygen atoms in total. The first-order valence-electron chi connectivity index (χ1n) is 6.71. The molecule has 0 fully saturated rings. The van der Waals surface area contributed by atoms with E-state index in [0.717, 1.165) is 5.56 Å². The van der Waals surface area contributed by atoms with Crippen LogP contribution in [0, 0.1) is 0 Å². The fourth-order valence-corrected chi connectivity index (χ4v) is 2.54. The van der Waals surface area contributed by atoms with E-state index in [1.165, 1.54) is 18.2 Å². The highest BCUT2D eigenvalue weighted by Gasteiger charge is 2.19. The van der Waals surface area contributed by atoms with Crippen molar-refractivity contribution in [1.29, 1.82) is 0 Å². The van der Waals surface area contributed by atoms with Gasteiger partial charge in [0.15, 0.2) is 0 Å². The van der Waals surface area contributed by atoms with E-state index in [-0.39, 0.29) is 22.9 Å². The fourth-order valence-electron chi connectivity index (χ4n) is 2.34. The molecular formula is C16H11ClN2O4. The van der Waals surface area contributed by atoms with Crippen LogP contribution in [-0.2, 0) is 11.2 Å². The smallest absolute Gasteiger partial charge is 0.337 e. The maximum atomic E-state index is 12.3. The molecule has 3 N–H and O–H groups in total. The molecule has 1 aliphatic rings. The van der Waals surface area contributed by atoms with Crippen LogP contribution in [0.4, 0.5) is 11.4 Å². The summed E-state index contributed by atoms with van der Waals surface area (Å²) >= 11 is 5.79. The maximum absolute atomic E-state index is 12.3. The number of rotatable bonds is 3. The maximum Gasteiger partial charge on any atom is 0.337 e. The number of carbonyl (C=O) groups excluding carboxylic acids is 2. The van der Waals surface area contributed by atoms with Crippen molar-refractivity contribution in [1.82, 2.24) is 0 Å². The normalized spacial score (nSPS) is 12.5. The molecule has 2 amide bonds. The molecule has 0 bridgehead atoms.